The molecular weight excluding hydrogens is 342 g/mol. The summed E-state index contributed by atoms with van der Waals surface area (Å²) in [4.78, 5) is 13.6. The van der Waals surface area contributed by atoms with Gasteiger partial charge in [-0.15, -0.1) is 10.2 Å². The van der Waals surface area contributed by atoms with Crippen molar-refractivity contribution >= 4 is 17.8 Å². The summed E-state index contributed by atoms with van der Waals surface area (Å²) >= 11 is 0. The molecule has 2 aromatic rings. The molecule has 2 saturated heterocycles. The number of anilines is 1. The molecule has 2 aliphatic rings. The summed E-state index contributed by atoms with van der Waals surface area (Å²) < 4.78 is 0. The van der Waals surface area contributed by atoms with Crippen LogP contribution in [0.25, 0.3) is 17.3 Å². The first-order chi connectivity index (χ1) is 13.1. The third kappa shape index (κ3) is 3.64. The Hall–Kier alpha value is -2.93. The van der Waals surface area contributed by atoms with Gasteiger partial charge in [0.15, 0.2) is 5.82 Å². The van der Waals surface area contributed by atoms with E-state index in [-0.39, 0.29) is 11.7 Å². The molecule has 2 fully saturated rings. The lowest BCUT2D eigenvalue weighted by molar-refractivity contribution is -0.115. The molecule has 2 aliphatic heterocycles. The Kier molecular flexibility index (Phi) is 4.77. The van der Waals surface area contributed by atoms with E-state index in [2.05, 4.69) is 25.7 Å². The van der Waals surface area contributed by atoms with Gasteiger partial charge in [0.1, 0.15) is 5.75 Å². The number of hydrogen-bond acceptors (Lipinski definition) is 6. The zero-order valence-electron chi connectivity index (χ0n) is 15.2. The van der Waals surface area contributed by atoms with Gasteiger partial charge in [0.2, 0.25) is 5.91 Å². The fourth-order valence-corrected chi connectivity index (χ4v) is 3.80. The Labute approximate surface area is 158 Å². The molecule has 7 heteroatoms. The third-order valence-electron chi connectivity index (χ3n) is 5.34. The van der Waals surface area contributed by atoms with E-state index in [9.17, 15) is 9.90 Å². The van der Waals surface area contributed by atoms with Gasteiger partial charge in [0, 0.05) is 44.9 Å². The van der Waals surface area contributed by atoms with Gasteiger partial charge in [-0.25, -0.2) is 0 Å². The Morgan fingerprint density at radius 2 is 2.00 bits per heavy atom. The smallest absolute Gasteiger partial charge is 0.243 e. The maximum Gasteiger partial charge on any atom is 0.243 e. The predicted molar refractivity (Wildman–Crippen MR) is 104 cm³/mol. The van der Waals surface area contributed by atoms with Gasteiger partial charge in [-0.05, 0) is 47.7 Å². The number of phenolic OH excluding ortho intramolecular Hbond substituents is 1. The van der Waals surface area contributed by atoms with E-state index in [1.165, 1.54) is 6.08 Å². The highest BCUT2D eigenvalue weighted by Gasteiger charge is 2.36. The van der Waals surface area contributed by atoms with Crippen molar-refractivity contribution in [3.63, 3.8) is 0 Å². The predicted octanol–water partition coefficient (Wildman–Crippen LogP) is 1.26. The van der Waals surface area contributed by atoms with Gasteiger partial charge in [-0.1, -0.05) is 6.07 Å². The van der Waals surface area contributed by atoms with Crippen molar-refractivity contribution in [3.05, 3.63) is 42.0 Å². The van der Waals surface area contributed by atoms with Crippen LogP contribution in [0.2, 0.25) is 0 Å². The molecule has 0 aliphatic carbocycles. The minimum Gasteiger partial charge on any atom is -0.507 e. The second-order valence-electron chi connectivity index (χ2n) is 7.08. The van der Waals surface area contributed by atoms with Crippen LogP contribution in [0.4, 0.5) is 5.82 Å². The van der Waals surface area contributed by atoms with Gasteiger partial charge in [-0.2, -0.15) is 0 Å². The number of carbonyl (C=O) groups is 1. The van der Waals surface area contributed by atoms with E-state index in [1.54, 1.807) is 25.3 Å². The summed E-state index contributed by atoms with van der Waals surface area (Å²) in [6, 6.07) is 9.09. The van der Waals surface area contributed by atoms with Crippen LogP contribution < -0.4 is 15.5 Å². The lowest BCUT2D eigenvalue weighted by Gasteiger charge is -2.18. The van der Waals surface area contributed by atoms with Crippen LogP contribution in [0.15, 0.2) is 36.4 Å². The Morgan fingerprint density at radius 1 is 1.22 bits per heavy atom. The zero-order chi connectivity index (χ0) is 18.8. The lowest BCUT2D eigenvalue weighted by atomic mass is 10.0. The highest BCUT2D eigenvalue weighted by Crippen LogP contribution is 2.32. The minimum atomic E-state index is -0.193. The minimum absolute atomic E-state index is 0.109. The number of carbonyl (C=O) groups excluding carboxylic acids is 1. The molecule has 1 aromatic heterocycles. The second-order valence-corrected chi connectivity index (χ2v) is 7.08. The van der Waals surface area contributed by atoms with Crippen molar-refractivity contribution in [2.75, 3.05) is 38.1 Å². The van der Waals surface area contributed by atoms with Gasteiger partial charge < -0.3 is 20.6 Å². The number of aromatic hydroxyl groups is 1. The molecular formula is C20H23N5O2. The first kappa shape index (κ1) is 17.5. The van der Waals surface area contributed by atoms with E-state index < -0.39 is 0 Å². The number of nitrogens with zero attached hydrogens (tertiary/aromatic N) is 3. The van der Waals surface area contributed by atoms with Gasteiger partial charge in [0.05, 0.1) is 5.69 Å². The van der Waals surface area contributed by atoms with Crippen molar-refractivity contribution < 1.29 is 9.90 Å². The number of phenols is 1. The van der Waals surface area contributed by atoms with Crippen LogP contribution in [0.1, 0.15) is 5.56 Å². The highest BCUT2D eigenvalue weighted by molar-refractivity contribution is 5.91. The molecule has 7 nitrogen and oxygen atoms in total. The molecule has 1 amide bonds. The molecule has 4 rings (SSSR count). The van der Waals surface area contributed by atoms with Crippen molar-refractivity contribution in [2.24, 2.45) is 11.8 Å². The molecule has 0 radical (unpaired) electrons. The van der Waals surface area contributed by atoms with E-state index in [0.29, 0.717) is 23.1 Å². The average Bonchev–Trinajstić information content (AvgIpc) is 3.28. The Morgan fingerprint density at radius 3 is 2.63 bits per heavy atom. The molecule has 0 spiro atoms. The highest BCUT2D eigenvalue weighted by atomic mass is 16.3. The molecule has 0 unspecified atom stereocenters. The first-order valence-corrected chi connectivity index (χ1v) is 9.16. The maximum atomic E-state index is 11.3. The quantitative estimate of drug-likeness (QED) is 0.707. The molecule has 140 valence electrons. The fraction of sp³-hybridized carbons (Fsp3) is 0.350. The summed E-state index contributed by atoms with van der Waals surface area (Å²) in [5.41, 5.74) is 1.98. The van der Waals surface area contributed by atoms with Crippen LogP contribution >= 0.6 is 0 Å². The monoisotopic (exact) mass is 365 g/mol. The molecule has 1 aromatic carbocycles. The Balaban J connectivity index is 1.49. The summed E-state index contributed by atoms with van der Waals surface area (Å²) in [5.74, 6) is 2.20. The number of nitrogens with one attached hydrogen (secondary N) is 2. The van der Waals surface area contributed by atoms with Crippen LogP contribution in [0.5, 0.6) is 5.75 Å². The van der Waals surface area contributed by atoms with Gasteiger partial charge in [-0.3, -0.25) is 4.79 Å². The van der Waals surface area contributed by atoms with Crippen molar-refractivity contribution in [1.82, 2.24) is 20.8 Å². The molecule has 0 bridgehead atoms. The molecule has 0 saturated carbocycles. The largest absolute Gasteiger partial charge is 0.507 e. The van der Waals surface area contributed by atoms with Crippen LogP contribution in [-0.4, -0.2) is 54.4 Å². The molecule has 3 heterocycles. The fourth-order valence-electron chi connectivity index (χ4n) is 3.80. The number of amides is 1. The summed E-state index contributed by atoms with van der Waals surface area (Å²) in [6.07, 6.45) is 3.07. The number of hydrogen-bond donors (Lipinski definition) is 3. The SMILES string of the molecule is CNC(=O)/C=C/c1ccc(-c2ccc(N3C[C@H]4CNC[C@H]4C3)nn2)c(O)c1. The Bertz CT molecular complexity index is 853. The standard InChI is InChI=1S/C20H23N5O2/c1-21-20(27)7-3-13-2-4-16(18(26)8-13)17-5-6-19(24-23-17)25-11-14-9-22-10-15(14)12-25/h2-8,14-15,22,26H,9-12H2,1H3,(H,21,27)/b7-3+/t14-,15+. The average molecular weight is 365 g/mol. The lowest BCUT2D eigenvalue weighted by Crippen LogP contribution is -2.26. The van der Waals surface area contributed by atoms with E-state index in [4.69, 9.17) is 0 Å². The van der Waals surface area contributed by atoms with Crippen molar-refractivity contribution in [3.8, 4) is 17.0 Å². The van der Waals surface area contributed by atoms with E-state index >= 15 is 0 Å². The van der Waals surface area contributed by atoms with Gasteiger partial charge >= 0.3 is 0 Å². The number of rotatable bonds is 4. The molecule has 3 N–H and O–H groups in total. The topological polar surface area (TPSA) is 90.4 Å². The number of aromatic nitrogens is 2. The number of likely N-dealkylation sites (N-methyl/N-ethyl adjacent to an activating group) is 1. The molecule has 2 atom stereocenters. The number of benzene rings is 1. The summed E-state index contributed by atoms with van der Waals surface area (Å²) in [6.45, 7) is 4.20. The van der Waals surface area contributed by atoms with Gasteiger partial charge in [0.25, 0.3) is 0 Å². The van der Waals surface area contributed by atoms with Crippen LogP contribution in [0, 0.1) is 11.8 Å². The summed E-state index contributed by atoms with van der Waals surface area (Å²) in [7, 11) is 1.57. The number of fused-ring (bicyclic) bond motifs is 1. The normalized spacial score (nSPS) is 21.6. The maximum absolute atomic E-state index is 11.3. The van der Waals surface area contributed by atoms with Crippen molar-refractivity contribution in [2.45, 2.75) is 0 Å². The van der Waals surface area contributed by atoms with E-state index in [0.717, 1.165) is 37.6 Å². The summed E-state index contributed by atoms with van der Waals surface area (Å²) in [5, 5.41) is 25.0. The van der Waals surface area contributed by atoms with Crippen molar-refractivity contribution in [1.29, 1.82) is 0 Å². The zero-order valence-corrected chi connectivity index (χ0v) is 15.2. The first-order valence-electron chi connectivity index (χ1n) is 9.16. The van der Waals surface area contributed by atoms with Crippen LogP contribution in [0.3, 0.4) is 0 Å². The van der Waals surface area contributed by atoms with E-state index in [1.807, 2.05) is 18.2 Å². The third-order valence-corrected chi connectivity index (χ3v) is 5.34. The van der Waals surface area contributed by atoms with Crippen LogP contribution in [-0.2, 0) is 4.79 Å². The molecule has 27 heavy (non-hydrogen) atoms. The second kappa shape index (κ2) is 7.36.